The van der Waals surface area contributed by atoms with Crippen molar-refractivity contribution in [1.82, 2.24) is 15.2 Å². The molecule has 0 aliphatic heterocycles. The van der Waals surface area contributed by atoms with Gasteiger partial charge in [0.05, 0.1) is 11.4 Å². The van der Waals surface area contributed by atoms with Crippen LogP contribution in [0.15, 0.2) is 24.4 Å². The van der Waals surface area contributed by atoms with Gasteiger partial charge in [0.1, 0.15) is 11.3 Å². The molecule has 0 radical (unpaired) electrons. The highest BCUT2D eigenvalue weighted by molar-refractivity contribution is 5.95. The van der Waals surface area contributed by atoms with Crippen LogP contribution in [0.25, 0.3) is 11.4 Å². The van der Waals surface area contributed by atoms with Crippen LogP contribution in [-0.4, -0.2) is 26.3 Å². The molecule has 2 heterocycles. The van der Waals surface area contributed by atoms with Crippen LogP contribution in [0.2, 0.25) is 0 Å². The summed E-state index contributed by atoms with van der Waals surface area (Å²) >= 11 is 0. The van der Waals surface area contributed by atoms with E-state index in [1.54, 1.807) is 24.4 Å². The number of nitrogens with zero attached hydrogens (tertiary/aromatic N) is 2. The maximum atomic E-state index is 11.3. The van der Waals surface area contributed by atoms with E-state index in [-0.39, 0.29) is 11.5 Å². The number of aromatic amines is 1. The van der Waals surface area contributed by atoms with Crippen molar-refractivity contribution in [2.75, 3.05) is 0 Å². The fraction of sp³-hybridized carbons (Fsp3) is 0.250. The Bertz CT molecular complexity index is 532. The summed E-state index contributed by atoms with van der Waals surface area (Å²) in [7, 11) is 0. The molecule has 0 saturated carbocycles. The van der Waals surface area contributed by atoms with Crippen LogP contribution < -0.4 is 0 Å². The van der Waals surface area contributed by atoms with Crippen molar-refractivity contribution >= 4 is 5.97 Å². The first-order valence-electron chi connectivity index (χ1n) is 5.34. The first-order valence-corrected chi connectivity index (χ1v) is 5.34. The Morgan fingerprint density at radius 3 is 2.71 bits per heavy atom. The lowest BCUT2D eigenvalue weighted by Crippen LogP contribution is -2.03. The average molecular weight is 231 g/mol. The molecule has 5 heteroatoms. The molecule has 0 amide bonds. The normalized spacial score (nSPS) is 10.8. The molecule has 2 rings (SSSR count). The second kappa shape index (κ2) is 4.37. The van der Waals surface area contributed by atoms with Gasteiger partial charge >= 0.3 is 5.97 Å². The molecule has 0 aliphatic rings. The first kappa shape index (κ1) is 11.3. The standard InChI is InChI=1S/C12H13N3O2/c1-7(2)10-9(12(16)17)11(15-14-10)8-5-3-4-6-13-8/h3-7H,1-2H3,(H,14,15)(H,16,17). The smallest absolute Gasteiger partial charge is 0.339 e. The summed E-state index contributed by atoms with van der Waals surface area (Å²) in [5, 5.41) is 16.1. The number of H-pyrrole nitrogens is 1. The minimum absolute atomic E-state index is 0.0751. The molecule has 0 aromatic carbocycles. The summed E-state index contributed by atoms with van der Waals surface area (Å²) in [6, 6.07) is 5.32. The lowest BCUT2D eigenvalue weighted by Gasteiger charge is -2.03. The van der Waals surface area contributed by atoms with E-state index in [9.17, 15) is 9.90 Å². The number of carboxylic acids is 1. The molecule has 0 aliphatic carbocycles. The number of aromatic nitrogens is 3. The van der Waals surface area contributed by atoms with Crippen molar-refractivity contribution < 1.29 is 9.90 Å². The molecule has 0 bridgehead atoms. The van der Waals surface area contributed by atoms with Crippen molar-refractivity contribution in [2.45, 2.75) is 19.8 Å². The third-order valence-electron chi connectivity index (χ3n) is 2.49. The Balaban J connectivity index is 2.60. The van der Waals surface area contributed by atoms with Gasteiger partial charge in [-0.3, -0.25) is 10.1 Å². The maximum Gasteiger partial charge on any atom is 0.339 e. The summed E-state index contributed by atoms with van der Waals surface area (Å²) in [4.78, 5) is 15.4. The molecule has 2 aromatic rings. The third-order valence-corrected chi connectivity index (χ3v) is 2.49. The van der Waals surface area contributed by atoms with Gasteiger partial charge in [-0.2, -0.15) is 5.10 Å². The van der Waals surface area contributed by atoms with Gasteiger partial charge in [-0.15, -0.1) is 0 Å². The van der Waals surface area contributed by atoms with E-state index < -0.39 is 5.97 Å². The summed E-state index contributed by atoms with van der Waals surface area (Å²) in [6.07, 6.45) is 1.62. The molecule has 88 valence electrons. The molecule has 2 aromatic heterocycles. The molecule has 0 fully saturated rings. The molecular weight excluding hydrogens is 218 g/mol. The van der Waals surface area contributed by atoms with Crippen molar-refractivity contribution in [3.63, 3.8) is 0 Å². The largest absolute Gasteiger partial charge is 0.478 e. The molecule has 17 heavy (non-hydrogen) atoms. The molecule has 0 spiro atoms. The van der Waals surface area contributed by atoms with Crippen LogP contribution >= 0.6 is 0 Å². The predicted molar refractivity (Wildman–Crippen MR) is 62.9 cm³/mol. The molecule has 2 N–H and O–H groups in total. The Labute approximate surface area is 98.5 Å². The van der Waals surface area contributed by atoms with Gasteiger partial charge in [-0.25, -0.2) is 4.79 Å². The molecule has 0 unspecified atom stereocenters. The topological polar surface area (TPSA) is 78.9 Å². The second-order valence-electron chi connectivity index (χ2n) is 4.04. The van der Waals surface area contributed by atoms with Crippen molar-refractivity contribution in [1.29, 1.82) is 0 Å². The van der Waals surface area contributed by atoms with Gasteiger partial charge in [0.15, 0.2) is 0 Å². The van der Waals surface area contributed by atoms with Crippen molar-refractivity contribution in [3.8, 4) is 11.4 Å². The minimum atomic E-state index is -0.983. The predicted octanol–water partition coefficient (Wildman–Crippen LogP) is 2.29. The highest BCUT2D eigenvalue weighted by Gasteiger charge is 2.22. The van der Waals surface area contributed by atoms with Crippen LogP contribution in [0, 0.1) is 0 Å². The zero-order valence-corrected chi connectivity index (χ0v) is 9.64. The highest BCUT2D eigenvalue weighted by Crippen LogP contribution is 2.26. The SMILES string of the molecule is CC(C)c1[nH]nc(-c2ccccn2)c1C(=O)O. The van der Waals surface area contributed by atoms with Crippen LogP contribution in [-0.2, 0) is 0 Å². The zero-order chi connectivity index (χ0) is 12.4. The number of hydrogen-bond acceptors (Lipinski definition) is 3. The monoisotopic (exact) mass is 231 g/mol. The second-order valence-corrected chi connectivity index (χ2v) is 4.04. The number of nitrogens with one attached hydrogen (secondary N) is 1. The molecule has 5 nitrogen and oxygen atoms in total. The van der Waals surface area contributed by atoms with E-state index in [2.05, 4.69) is 15.2 Å². The Morgan fingerprint density at radius 2 is 2.18 bits per heavy atom. The Kier molecular flexibility index (Phi) is 2.91. The van der Waals surface area contributed by atoms with Crippen LogP contribution in [0.4, 0.5) is 0 Å². The summed E-state index contributed by atoms with van der Waals surface area (Å²) in [5.41, 5.74) is 1.78. The van der Waals surface area contributed by atoms with Gasteiger partial charge in [0.25, 0.3) is 0 Å². The number of hydrogen-bond donors (Lipinski definition) is 2. The van der Waals surface area contributed by atoms with Gasteiger partial charge in [0, 0.05) is 6.20 Å². The van der Waals surface area contributed by atoms with E-state index in [1.807, 2.05) is 13.8 Å². The Hall–Kier alpha value is -2.17. The minimum Gasteiger partial charge on any atom is -0.478 e. The van der Waals surface area contributed by atoms with E-state index in [1.165, 1.54) is 0 Å². The lowest BCUT2D eigenvalue weighted by molar-refractivity contribution is 0.0696. The van der Waals surface area contributed by atoms with Crippen molar-refractivity contribution in [3.05, 3.63) is 35.7 Å². The Morgan fingerprint density at radius 1 is 1.41 bits per heavy atom. The summed E-state index contributed by atoms with van der Waals surface area (Å²) < 4.78 is 0. The fourth-order valence-electron chi connectivity index (χ4n) is 1.68. The zero-order valence-electron chi connectivity index (χ0n) is 9.64. The van der Waals surface area contributed by atoms with E-state index in [4.69, 9.17) is 0 Å². The molecular formula is C12H13N3O2. The number of aromatic carboxylic acids is 1. The van der Waals surface area contributed by atoms with E-state index in [0.29, 0.717) is 17.1 Å². The third kappa shape index (κ3) is 2.04. The van der Waals surface area contributed by atoms with E-state index >= 15 is 0 Å². The highest BCUT2D eigenvalue weighted by atomic mass is 16.4. The van der Waals surface area contributed by atoms with Gasteiger partial charge in [0.2, 0.25) is 0 Å². The number of carbonyl (C=O) groups is 1. The fourth-order valence-corrected chi connectivity index (χ4v) is 1.68. The number of rotatable bonds is 3. The molecule has 0 atom stereocenters. The van der Waals surface area contributed by atoms with Crippen LogP contribution in [0.1, 0.15) is 35.8 Å². The quantitative estimate of drug-likeness (QED) is 0.849. The van der Waals surface area contributed by atoms with Gasteiger partial charge in [-0.1, -0.05) is 19.9 Å². The van der Waals surface area contributed by atoms with Crippen LogP contribution in [0.5, 0.6) is 0 Å². The van der Waals surface area contributed by atoms with Crippen LogP contribution in [0.3, 0.4) is 0 Å². The maximum absolute atomic E-state index is 11.3. The van der Waals surface area contributed by atoms with Gasteiger partial charge < -0.3 is 5.11 Å². The van der Waals surface area contributed by atoms with E-state index in [0.717, 1.165) is 0 Å². The molecule has 0 saturated heterocycles. The van der Waals surface area contributed by atoms with Gasteiger partial charge in [-0.05, 0) is 18.1 Å². The average Bonchev–Trinajstić information content (AvgIpc) is 2.74. The first-order chi connectivity index (χ1) is 8.11. The summed E-state index contributed by atoms with van der Waals surface area (Å²) in [5.74, 6) is -0.908. The lowest BCUT2D eigenvalue weighted by atomic mass is 10.0. The number of carboxylic acid groups (broad SMARTS) is 1. The number of pyridine rings is 1. The summed E-state index contributed by atoms with van der Waals surface area (Å²) in [6.45, 7) is 3.84. The van der Waals surface area contributed by atoms with Crippen molar-refractivity contribution in [2.24, 2.45) is 0 Å².